The van der Waals surface area contributed by atoms with Crippen LogP contribution in [-0.4, -0.2) is 29.0 Å². The Morgan fingerprint density at radius 1 is 1.23 bits per heavy atom. The quantitative estimate of drug-likeness (QED) is 0.944. The van der Waals surface area contributed by atoms with Gasteiger partial charge in [0.1, 0.15) is 5.75 Å². The molecule has 0 aliphatic carbocycles. The minimum Gasteiger partial charge on any atom is -0.508 e. The number of hydrogen-bond donors (Lipinski definition) is 1. The van der Waals surface area contributed by atoms with Gasteiger partial charge in [0.25, 0.3) is 0 Å². The lowest BCUT2D eigenvalue weighted by atomic mass is 9.99. The second-order valence-corrected chi connectivity index (χ2v) is 6.03. The first-order valence-electron chi connectivity index (χ1n) is 7.74. The maximum atomic E-state index is 12.5. The van der Waals surface area contributed by atoms with Crippen LogP contribution in [0, 0.1) is 6.92 Å². The lowest BCUT2D eigenvalue weighted by Gasteiger charge is -2.17. The van der Waals surface area contributed by atoms with Crippen molar-refractivity contribution < 1.29 is 9.90 Å². The number of phenolic OH excluding ortho intramolecular Hbond substituents is 1. The lowest BCUT2D eigenvalue weighted by Crippen LogP contribution is -2.29. The molecule has 3 rings (SSSR count). The van der Waals surface area contributed by atoms with E-state index in [9.17, 15) is 9.90 Å². The van der Waals surface area contributed by atoms with Gasteiger partial charge in [-0.25, -0.2) is 0 Å². The fourth-order valence-electron chi connectivity index (χ4n) is 3.10. The molecule has 0 radical (unpaired) electrons. The van der Waals surface area contributed by atoms with E-state index in [1.54, 1.807) is 6.07 Å². The van der Waals surface area contributed by atoms with Crippen molar-refractivity contribution in [1.29, 1.82) is 0 Å². The molecule has 114 valence electrons. The molecule has 0 unspecified atom stereocenters. The lowest BCUT2D eigenvalue weighted by molar-refractivity contribution is -0.129. The first kappa shape index (κ1) is 14.6. The first-order valence-corrected chi connectivity index (χ1v) is 7.74. The van der Waals surface area contributed by atoms with Gasteiger partial charge >= 0.3 is 0 Å². The van der Waals surface area contributed by atoms with E-state index in [4.69, 9.17) is 0 Å². The Morgan fingerprint density at radius 2 is 2.00 bits per heavy atom. The van der Waals surface area contributed by atoms with Gasteiger partial charge in [-0.3, -0.25) is 4.79 Å². The second kappa shape index (κ2) is 6.22. The maximum Gasteiger partial charge on any atom is 0.227 e. The van der Waals surface area contributed by atoms with E-state index < -0.39 is 0 Å². The van der Waals surface area contributed by atoms with Gasteiger partial charge in [-0.05, 0) is 36.1 Å². The number of carbonyl (C=O) groups is 1. The summed E-state index contributed by atoms with van der Waals surface area (Å²) >= 11 is 0. The van der Waals surface area contributed by atoms with Crippen molar-refractivity contribution in [3.05, 3.63) is 65.2 Å². The van der Waals surface area contributed by atoms with Crippen molar-refractivity contribution in [3.8, 4) is 5.75 Å². The summed E-state index contributed by atoms with van der Waals surface area (Å²) < 4.78 is 0. The molecule has 1 aliphatic rings. The highest BCUT2D eigenvalue weighted by Crippen LogP contribution is 2.27. The zero-order valence-electron chi connectivity index (χ0n) is 12.8. The largest absolute Gasteiger partial charge is 0.508 e. The fourth-order valence-corrected chi connectivity index (χ4v) is 3.10. The van der Waals surface area contributed by atoms with E-state index in [1.807, 2.05) is 30.0 Å². The number of phenols is 1. The van der Waals surface area contributed by atoms with E-state index in [2.05, 4.69) is 24.3 Å². The molecule has 22 heavy (non-hydrogen) atoms. The molecule has 1 saturated heterocycles. The predicted octanol–water partition coefficient (Wildman–Crippen LogP) is 3.26. The molecule has 1 N–H and O–H groups in total. The molecule has 0 aromatic heterocycles. The summed E-state index contributed by atoms with van der Waals surface area (Å²) in [6.07, 6.45) is 1.44. The standard InChI is InChI=1S/C19H21NO2/c1-14-11-15(7-8-18(14)21)12-19(22)20-10-9-17(13-20)16-5-3-2-4-6-16/h2-8,11,17,21H,9-10,12-13H2,1H3/t17-/m0/s1. The van der Waals surface area contributed by atoms with Crippen molar-refractivity contribution in [3.63, 3.8) is 0 Å². The van der Waals surface area contributed by atoms with Gasteiger partial charge in [0.15, 0.2) is 0 Å². The topological polar surface area (TPSA) is 40.5 Å². The molecule has 1 aliphatic heterocycles. The predicted molar refractivity (Wildman–Crippen MR) is 86.9 cm³/mol. The van der Waals surface area contributed by atoms with Gasteiger partial charge in [-0.2, -0.15) is 0 Å². The molecule has 1 amide bonds. The van der Waals surface area contributed by atoms with Crippen LogP contribution in [0.5, 0.6) is 5.75 Å². The molecule has 2 aromatic rings. The number of likely N-dealkylation sites (tertiary alicyclic amines) is 1. The van der Waals surface area contributed by atoms with Crippen LogP contribution in [0.15, 0.2) is 48.5 Å². The highest BCUT2D eigenvalue weighted by atomic mass is 16.3. The molecule has 0 saturated carbocycles. The average molecular weight is 295 g/mol. The number of rotatable bonds is 3. The highest BCUT2D eigenvalue weighted by Gasteiger charge is 2.27. The third-order valence-corrected chi connectivity index (χ3v) is 4.43. The van der Waals surface area contributed by atoms with Crippen LogP contribution in [0.2, 0.25) is 0 Å². The van der Waals surface area contributed by atoms with Crippen LogP contribution in [-0.2, 0) is 11.2 Å². The SMILES string of the molecule is Cc1cc(CC(=O)N2CC[C@H](c3ccccc3)C2)ccc1O. The number of aromatic hydroxyl groups is 1. The molecule has 0 bridgehead atoms. The summed E-state index contributed by atoms with van der Waals surface area (Å²) in [7, 11) is 0. The molecule has 1 heterocycles. The van der Waals surface area contributed by atoms with Crippen LogP contribution in [0.4, 0.5) is 0 Å². The Labute approximate surface area is 131 Å². The van der Waals surface area contributed by atoms with E-state index >= 15 is 0 Å². The number of hydrogen-bond acceptors (Lipinski definition) is 2. The van der Waals surface area contributed by atoms with Gasteiger partial charge in [-0.15, -0.1) is 0 Å². The third kappa shape index (κ3) is 3.14. The van der Waals surface area contributed by atoms with Gasteiger partial charge in [-0.1, -0.05) is 42.5 Å². The molecule has 0 spiro atoms. The van der Waals surface area contributed by atoms with Crippen LogP contribution >= 0.6 is 0 Å². The monoisotopic (exact) mass is 295 g/mol. The van der Waals surface area contributed by atoms with Crippen molar-refractivity contribution in [1.82, 2.24) is 4.90 Å². The molecule has 3 heteroatoms. The number of amides is 1. The van der Waals surface area contributed by atoms with Gasteiger partial charge in [0, 0.05) is 19.0 Å². The molecule has 1 atom stereocenters. The summed E-state index contributed by atoms with van der Waals surface area (Å²) in [5.74, 6) is 0.900. The maximum absolute atomic E-state index is 12.5. The minimum absolute atomic E-state index is 0.170. The summed E-state index contributed by atoms with van der Waals surface area (Å²) in [4.78, 5) is 14.4. The van der Waals surface area contributed by atoms with E-state index in [0.717, 1.165) is 30.6 Å². The van der Waals surface area contributed by atoms with Crippen LogP contribution in [0.25, 0.3) is 0 Å². The van der Waals surface area contributed by atoms with Crippen molar-refractivity contribution in [2.24, 2.45) is 0 Å². The van der Waals surface area contributed by atoms with E-state index in [-0.39, 0.29) is 11.7 Å². The average Bonchev–Trinajstić information content (AvgIpc) is 3.02. The van der Waals surface area contributed by atoms with Crippen molar-refractivity contribution in [2.75, 3.05) is 13.1 Å². The molecule has 3 nitrogen and oxygen atoms in total. The minimum atomic E-state index is 0.170. The molecule has 1 fully saturated rings. The first-order chi connectivity index (χ1) is 10.6. The molecule has 2 aromatic carbocycles. The summed E-state index contributed by atoms with van der Waals surface area (Å²) in [5.41, 5.74) is 3.09. The van der Waals surface area contributed by atoms with E-state index in [0.29, 0.717) is 12.3 Å². The van der Waals surface area contributed by atoms with Gasteiger partial charge < -0.3 is 10.0 Å². The van der Waals surface area contributed by atoms with Crippen LogP contribution < -0.4 is 0 Å². The third-order valence-electron chi connectivity index (χ3n) is 4.43. The zero-order chi connectivity index (χ0) is 15.5. The van der Waals surface area contributed by atoms with Crippen molar-refractivity contribution >= 4 is 5.91 Å². The number of nitrogens with zero attached hydrogens (tertiary/aromatic N) is 1. The zero-order valence-corrected chi connectivity index (χ0v) is 12.8. The molecular formula is C19H21NO2. The summed E-state index contributed by atoms with van der Waals surface area (Å²) in [5, 5.41) is 9.55. The van der Waals surface area contributed by atoms with Gasteiger partial charge in [0.05, 0.1) is 6.42 Å². The number of carbonyl (C=O) groups excluding carboxylic acids is 1. The Kier molecular flexibility index (Phi) is 4.14. The van der Waals surface area contributed by atoms with Crippen LogP contribution in [0.3, 0.4) is 0 Å². The second-order valence-electron chi connectivity index (χ2n) is 6.03. The van der Waals surface area contributed by atoms with Crippen molar-refractivity contribution in [2.45, 2.75) is 25.7 Å². The van der Waals surface area contributed by atoms with Crippen LogP contribution in [0.1, 0.15) is 29.0 Å². The Bertz CT molecular complexity index is 666. The smallest absolute Gasteiger partial charge is 0.227 e. The normalized spacial score (nSPS) is 17.7. The summed E-state index contributed by atoms with van der Waals surface area (Å²) in [6.45, 7) is 3.49. The van der Waals surface area contributed by atoms with E-state index in [1.165, 1.54) is 5.56 Å². The summed E-state index contributed by atoms with van der Waals surface area (Å²) in [6, 6.07) is 15.8. The highest BCUT2D eigenvalue weighted by molar-refractivity contribution is 5.79. The molecular weight excluding hydrogens is 274 g/mol. The Morgan fingerprint density at radius 3 is 2.73 bits per heavy atom. The Hall–Kier alpha value is -2.29. The Balaban J connectivity index is 1.63. The number of benzene rings is 2. The number of aryl methyl sites for hydroxylation is 1. The van der Waals surface area contributed by atoms with Gasteiger partial charge in [0.2, 0.25) is 5.91 Å². The fraction of sp³-hybridized carbons (Fsp3) is 0.316.